The van der Waals surface area contributed by atoms with Gasteiger partial charge in [-0.05, 0) is 12.8 Å². The Morgan fingerprint density at radius 2 is 2.40 bits per heavy atom. The second kappa shape index (κ2) is 1.79. The van der Waals surface area contributed by atoms with Crippen molar-refractivity contribution in [2.45, 2.75) is 18.4 Å². The lowest BCUT2D eigenvalue weighted by Gasteiger charge is -2.09. The monoisotopic (exact) mass is 139 g/mol. The predicted octanol–water partition coefficient (Wildman–Crippen LogP) is -0.241. The lowest BCUT2D eigenvalue weighted by atomic mass is 10.3. The van der Waals surface area contributed by atoms with Crippen LogP contribution in [0.25, 0.3) is 0 Å². The van der Waals surface area contributed by atoms with E-state index in [-0.39, 0.29) is 12.1 Å². The topological polar surface area (TPSA) is 50.9 Å². The van der Waals surface area contributed by atoms with Crippen LogP contribution in [0, 0.1) is 0 Å². The third kappa shape index (κ3) is 0.654. The third-order valence-corrected chi connectivity index (χ3v) is 2.03. The van der Waals surface area contributed by atoms with Gasteiger partial charge in [0.05, 0.1) is 18.3 Å². The van der Waals surface area contributed by atoms with Crippen molar-refractivity contribution >= 4 is 0 Å². The molecule has 0 unspecified atom stereocenters. The molecule has 1 fully saturated rings. The largest absolute Gasteiger partial charge is 0.394 e. The summed E-state index contributed by atoms with van der Waals surface area (Å²) < 4.78 is 1.74. The Hall–Kier alpha value is -0.900. The quantitative estimate of drug-likeness (QED) is 0.615. The van der Waals surface area contributed by atoms with Crippen molar-refractivity contribution in [2.24, 2.45) is 0 Å². The summed E-state index contributed by atoms with van der Waals surface area (Å²) in [6.07, 6.45) is 5.47. The van der Waals surface area contributed by atoms with Gasteiger partial charge in [0.2, 0.25) is 0 Å². The lowest BCUT2D eigenvalue weighted by molar-refractivity contribution is 0.200. The first-order valence-corrected chi connectivity index (χ1v) is 3.35. The first-order valence-electron chi connectivity index (χ1n) is 3.35. The number of aliphatic hydroxyl groups excluding tert-OH is 1. The van der Waals surface area contributed by atoms with Gasteiger partial charge in [0, 0.05) is 6.20 Å². The van der Waals surface area contributed by atoms with Crippen molar-refractivity contribution in [1.82, 2.24) is 15.0 Å². The molecular weight excluding hydrogens is 130 g/mol. The fraction of sp³-hybridized carbons (Fsp3) is 0.667. The Morgan fingerprint density at radius 1 is 1.60 bits per heavy atom. The molecule has 0 spiro atoms. The predicted molar refractivity (Wildman–Crippen MR) is 34.3 cm³/mol. The SMILES string of the molecule is OCC1(n2ccnn2)CC1. The molecule has 0 radical (unpaired) electrons. The molecule has 1 saturated carbocycles. The first-order chi connectivity index (χ1) is 4.87. The van der Waals surface area contributed by atoms with Crippen molar-refractivity contribution in [1.29, 1.82) is 0 Å². The molecule has 0 atom stereocenters. The summed E-state index contributed by atoms with van der Waals surface area (Å²) in [5.41, 5.74) is -0.0868. The Balaban J connectivity index is 2.27. The Morgan fingerprint density at radius 3 is 2.80 bits per heavy atom. The summed E-state index contributed by atoms with van der Waals surface area (Å²) in [4.78, 5) is 0. The van der Waals surface area contributed by atoms with E-state index in [0.717, 1.165) is 12.8 Å². The molecule has 0 amide bonds. The second-order valence-corrected chi connectivity index (χ2v) is 2.73. The molecule has 4 nitrogen and oxygen atoms in total. The minimum atomic E-state index is -0.0868. The highest BCUT2D eigenvalue weighted by Crippen LogP contribution is 2.41. The molecule has 0 aromatic carbocycles. The van der Waals surface area contributed by atoms with Crippen LogP contribution in [0.5, 0.6) is 0 Å². The molecule has 1 aliphatic carbocycles. The number of rotatable bonds is 2. The Bertz CT molecular complexity index is 215. The van der Waals surface area contributed by atoms with E-state index in [1.807, 2.05) is 0 Å². The van der Waals surface area contributed by atoms with Crippen molar-refractivity contribution in [3.05, 3.63) is 12.4 Å². The molecule has 10 heavy (non-hydrogen) atoms. The minimum Gasteiger partial charge on any atom is -0.394 e. The van der Waals surface area contributed by atoms with Gasteiger partial charge < -0.3 is 5.11 Å². The molecule has 2 rings (SSSR count). The van der Waals surface area contributed by atoms with E-state index in [0.29, 0.717) is 0 Å². The summed E-state index contributed by atoms with van der Waals surface area (Å²) >= 11 is 0. The molecule has 0 bridgehead atoms. The van der Waals surface area contributed by atoms with E-state index in [1.54, 1.807) is 17.1 Å². The summed E-state index contributed by atoms with van der Waals surface area (Å²) in [6.45, 7) is 0.177. The molecule has 4 heteroatoms. The van der Waals surface area contributed by atoms with Crippen LogP contribution < -0.4 is 0 Å². The molecule has 1 aliphatic rings. The van der Waals surface area contributed by atoms with Gasteiger partial charge in [-0.1, -0.05) is 5.21 Å². The van der Waals surface area contributed by atoms with Gasteiger partial charge in [-0.2, -0.15) is 0 Å². The van der Waals surface area contributed by atoms with Crippen LogP contribution in [-0.2, 0) is 5.54 Å². The van der Waals surface area contributed by atoms with Gasteiger partial charge >= 0.3 is 0 Å². The number of hydrogen-bond donors (Lipinski definition) is 1. The molecule has 1 aromatic heterocycles. The summed E-state index contributed by atoms with van der Waals surface area (Å²) in [7, 11) is 0. The lowest BCUT2D eigenvalue weighted by Crippen LogP contribution is -2.21. The molecule has 1 aromatic rings. The highest BCUT2D eigenvalue weighted by Gasteiger charge is 2.44. The molecular formula is C6H9N3O. The highest BCUT2D eigenvalue weighted by molar-refractivity contribution is 4.98. The van der Waals surface area contributed by atoms with Crippen LogP contribution in [0.1, 0.15) is 12.8 Å². The molecule has 0 aliphatic heterocycles. The summed E-state index contributed by atoms with van der Waals surface area (Å²) in [6, 6.07) is 0. The number of nitrogens with zero attached hydrogens (tertiary/aromatic N) is 3. The average Bonchev–Trinajstić information content (AvgIpc) is 2.58. The number of aliphatic hydroxyl groups is 1. The van der Waals surface area contributed by atoms with E-state index in [4.69, 9.17) is 5.11 Å². The van der Waals surface area contributed by atoms with Crippen LogP contribution in [-0.4, -0.2) is 26.7 Å². The molecule has 1 N–H and O–H groups in total. The normalized spacial score (nSPS) is 20.9. The maximum Gasteiger partial charge on any atom is 0.0876 e. The first kappa shape index (κ1) is 5.85. The highest BCUT2D eigenvalue weighted by atomic mass is 16.3. The Labute approximate surface area is 58.5 Å². The van der Waals surface area contributed by atoms with Gasteiger partial charge in [0.25, 0.3) is 0 Å². The van der Waals surface area contributed by atoms with Gasteiger partial charge in [0.1, 0.15) is 0 Å². The Kier molecular flexibility index (Phi) is 1.05. The molecule has 1 heterocycles. The van der Waals surface area contributed by atoms with Crippen molar-refractivity contribution in [3.63, 3.8) is 0 Å². The molecule has 0 saturated heterocycles. The third-order valence-electron chi connectivity index (χ3n) is 2.03. The van der Waals surface area contributed by atoms with Crippen LogP contribution in [0.15, 0.2) is 12.4 Å². The van der Waals surface area contributed by atoms with E-state index >= 15 is 0 Å². The van der Waals surface area contributed by atoms with Crippen LogP contribution >= 0.6 is 0 Å². The summed E-state index contributed by atoms with van der Waals surface area (Å²) in [5, 5.41) is 16.4. The maximum atomic E-state index is 8.94. The smallest absolute Gasteiger partial charge is 0.0876 e. The van der Waals surface area contributed by atoms with Crippen molar-refractivity contribution in [2.75, 3.05) is 6.61 Å². The number of hydrogen-bond acceptors (Lipinski definition) is 3. The zero-order valence-corrected chi connectivity index (χ0v) is 5.56. The number of aromatic nitrogens is 3. The maximum absolute atomic E-state index is 8.94. The van der Waals surface area contributed by atoms with Gasteiger partial charge in [-0.25, -0.2) is 4.68 Å². The van der Waals surface area contributed by atoms with Crippen LogP contribution in [0.2, 0.25) is 0 Å². The van der Waals surface area contributed by atoms with Crippen molar-refractivity contribution < 1.29 is 5.11 Å². The minimum absolute atomic E-state index is 0.0868. The standard InChI is InChI=1S/C6H9N3O/c10-5-6(1-2-6)9-4-3-7-8-9/h3-4,10H,1-2,5H2. The van der Waals surface area contributed by atoms with E-state index in [9.17, 15) is 0 Å². The van der Waals surface area contributed by atoms with Gasteiger partial charge in [-0.3, -0.25) is 0 Å². The average molecular weight is 139 g/mol. The van der Waals surface area contributed by atoms with E-state index in [2.05, 4.69) is 10.3 Å². The molecule has 54 valence electrons. The van der Waals surface area contributed by atoms with Crippen LogP contribution in [0.4, 0.5) is 0 Å². The van der Waals surface area contributed by atoms with E-state index < -0.39 is 0 Å². The fourth-order valence-corrected chi connectivity index (χ4v) is 1.07. The summed E-state index contributed by atoms with van der Waals surface area (Å²) in [5.74, 6) is 0. The van der Waals surface area contributed by atoms with Crippen molar-refractivity contribution in [3.8, 4) is 0 Å². The van der Waals surface area contributed by atoms with Gasteiger partial charge in [0.15, 0.2) is 0 Å². The van der Waals surface area contributed by atoms with E-state index in [1.165, 1.54) is 0 Å². The van der Waals surface area contributed by atoms with Crippen LogP contribution in [0.3, 0.4) is 0 Å². The van der Waals surface area contributed by atoms with Gasteiger partial charge in [-0.15, -0.1) is 5.10 Å². The fourth-order valence-electron chi connectivity index (χ4n) is 1.07. The zero-order chi connectivity index (χ0) is 7.03. The zero-order valence-electron chi connectivity index (χ0n) is 5.56. The second-order valence-electron chi connectivity index (χ2n) is 2.73.